The Morgan fingerprint density at radius 2 is 1.45 bits per heavy atom. The summed E-state index contributed by atoms with van der Waals surface area (Å²) in [4.78, 5) is 0. The Hall–Kier alpha value is 0.394. The van der Waals surface area contributed by atoms with Crippen molar-refractivity contribution in [2.75, 3.05) is 0 Å². The molecule has 3 heteroatoms. The third-order valence-electron chi connectivity index (χ3n) is 1.42. The topological polar surface area (TPSA) is 9.23 Å². The molecule has 0 rings (SSSR count). The van der Waals surface area contributed by atoms with Crippen molar-refractivity contribution in [1.82, 2.24) is 0 Å². The zero-order valence-electron chi connectivity index (χ0n) is 7.98. The average Bonchev–Trinajstić information content (AvgIpc) is 1.84. The standard InChI is InChI=1S/C8H18OSi2/c1-7(2)5-11(9-10)6-8(3)4/h7-8H,5-6H2,1-4H3. The van der Waals surface area contributed by atoms with E-state index in [9.17, 15) is 0 Å². The van der Waals surface area contributed by atoms with E-state index in [2.05, 4.69) is 38.2 Å². The van der Waals surface area contributed by atoms with E-state index in [-0.39, 0.29) is 0 Å². The molecule has 0 N–H and O–H groups in total. The SMILES string of the molecule is CC(C)C[Si](CC(C)C)O[Si]. The second kappa shape index (κ2) is 5.97. The van der Waals surface area contributed by atoms with E-state index in [0.29, 0.717) is 0 Å². The lowest BCUT2D eigenvalue weighted by Crippen LogP contribution is -2.20. The van der Waals surface area contributed by atoms with E-state index in [4.69, 9.17) is 4.12 Å². The Morgan fingerprint density at radius 1 is 1.09 bits per heavy atom. The molecule has 4 radical (unpaired) electrons. The lowest BCUT2D eigenvalue weighted by atomic mass is 10.3. The van der Waals surface area contributed by atoms with Crippen LogP contribution in [0.4, 0.5) is 0 Å². The van der Waals surface area contributed by atoms with Crippen LogP contribution in [0.2, 0.25) is 12.1 Å². The van der Waals surface area contributed by atoms with Crippen LogP contribution < -0.4 is 0 Å². The second-order valence-electron chi connectivity index (χ2n) is 3.84. The van der Waals surface area contributed by atoms with Gasteiger partial charge < -0.3 is 4.12 Å². The molecule has 1 nitrogen and oxygen atoms in total. The molecule has 0 saturated carbocycles. The third kappa shape index (κ3) is 6.78. The lowest BCUT2D eigenvalue weighted by Gasteiger charge is -2.16. The van der Waals surface area contributed by atoms with E-state index < -0.39 is 9.04 Å². The molecule has 0 amide bonds. The fourth-order valence-corrected chi connectivity index (χ4v) is 3.73. The van der Waals surface area contributed by atoms with E-state index in [0.717, 1.165) is 11.8 Å². The van der Waals surface area contributed by atoms with Crippen LogP contribution in [0.3, 0.4) is 0 Å². The molecule has 0 aromatic rings. The second-order valence-corrected chi connectivity index (χ2v) is 6.55. The van der Waals surface area contributed by atoms with Gasteiger partial charge in [-0.25, -0.2) is 0 Å². The lowest BCUT2D eigenvalue weighted by molar-refractivity contribution is 0.566. The quantitative estimate of drug-likeness (QED) is 0.599. The maximum absolute atomic E-state index is 5.28. The van der Waals surface area contributed by atoms with Crippen LogP contribution in [0.5, 0.6) is 0 Å². The molecule has 0 heterocycles. The van der Waals surface area contributed by atoms with Crippen LogP contribution in [0.1, 0.15) is 27.7 Å². The van der Waals surface area contributed by atoms with Gasteiger partial charge in [0.05, 0.1) is 0 Å². The highest BCUT2D eigenvalue weighted by Crippen LogP contribution is 2.14. The summed E-state index contributed by atoms with van der Waals surface area (Å²) >= 11 is 0. The molecule has 0 aliphatic rings. The van der Waals surface area contributed by atoms with Crippen molar-refractivity contribution < 1.29 is 4.12 Å². The van der Waals surface area contributed by atoms with Gasteiger partial charge in [0.1, 0.15) is 0 Å². The van der Waals surface area contributed by atoms with Crippen molar-refractivity contribution in [1.29, 1.82) is 0 Å². The van der Waals surface area contributed by atoms with Gasteiger partial charge in [0, 0.05) is 0 Å². The van der Waals surface area contributed by atoms with Gasteiger partial charge in [-0.2, -0.15) is 0 Å². The van der Waals surface area contributed by atoms with Gasteiger partial charge in [0.2, 0.25) is 10.5 Å². The molecule has 0 aliphatic heterocycles. The molecule has 0 spiro atoms. The summed E-state index contributed by atoms with van der Waals surface area (Å²) in [6, 6.07) is 2.48. The van der Waals surface area contributed by atoms with Crippen LogP contribution >= 0.6 is 0 Å². The van der Waals surface area contributed by atoms with Crippen molar-refractivity contribution in [3.05, 3.63) is 0 Å². The van der Waals surface area contributed by atoms with E-state index in [1.807, 2.05) is 0 Å². The fourth-order valence-electron chi connectivity index (χ4n) is 1.08. The molecule has 0 aromatic heterocycles. The van der Waals surface area contributed by atoms with E-state index in [1.165, 1.54) is 12.1 Å². The van der Waals surface area contributed by atoms with E-state index >= 15 is 0 Å². The fraction of sp³-hybridized carbons (Fsp3) is 1.00. The Kier molecular flexibility index (Phi) is 6.18. The van der Waals surface area contributed by atoms with Crippen molar-refractivity contribution in [2.45, 2.75) is 39.8 Å². The Morgan fingerprint density at radius 3 is 1.64 bits per heavy atom. The molecular formula is C8H18OSi2. The number of hydrogen-bond acceptors (Lipinski definition) is 1. The molecule has 0 fully saturated rings. The summed E-state index contributed by atoms with van der Waals surface area (Å²) in [5.74, 6) is 1.53. The van der Waals surface area contributed by atoms with Gasteiger partial charge >= 0.3 is 0 Å². The molecule has 0 unspecified atom stereocenters. The largest absolute Gasteiger partial charge is 0.457 e. The third-order valence-corrected chi connectivity index (χ3v) is 5.11. The monoisotopic (exact) mass is 186 g/mol. The van der Waals surface area contributed by atoms with Crippen molar-refractivity contribution in [3.63, 3.8) is 0 Å². The molecular weight excluding hydrogens is 168 g/mol. The maximum Gasteiger partial charge on any atom is 0.229 e. The zero-order valence-corrected chi connectivity index (χ0v) is 9.98. The van der Waals surface area contributed by atoms with Crippen LogP contribution in [-0.4, -0.2) is 19.5 Å². The molecule has 0 bridgehead atoms. The molecule has 0 saturated heterocycles. The molecule has 64 valence electrons. The van der Waals surface area contributed by atoms with Crippen molar-refractivity contribution >= 4 is 19.5 Å². The maximum atomic E-state index is 5.28. The summed E-state index contributed by atoms with van der Waals surface area (Å²) in [6.07, 6.45) is 0. The first-order valence-corrected chi connectivity index (χ1v) is 6.47. The minimum absolute atomic E-state index is 0.569. The summed E-state index contributed by atoms with van der Waals surface area (Å²) < 4.78 is 5.28. The Labute approximate surface area is 75.8 Å². The predicted octanol–water partition coefficient (Wildman–Crippen LogP) is 2.39. The molecule has 0 aliphatic carbocycles. The van der Waals surface area contributed by atoms with Gasteiger partial charge in [-0.15, -0.1) is 0 Å². The highest BCUT2D eigenvalue weighted by atomic mass is 28.3. The van der Waals surface area contributed by atoms with Gasteiger partial charge in [0.15, 0.2) is 9.04 Å². The zero-order chi connectivity index (χ0) is 8.85. The van der Waals surface area contributed by atoms with Gasteiger partial charge in [-0.3, -0.25) is 0 Å². The molecule has 0 atom stereocenters. The van der Waals surface area contributed by atoms with Crippen LogP contribution in [-0.2, 0) is 4.12 Å². The van der Waals surface area contributed by atoms with Gasteiger partial charge in [0.25, 0.3) is 0 Å². The minimum atomic E-state index is -0.569. The van der Waals surface area contributed by atoms with Crippen LogP contribution in [0.25, 0.3) is 0 Å². The first-order valence-electron chi connectivity index (χ1n) is 4.24. The Bertz CT molecular complexity index is 84.1. The predicted molar refractivity (Wildman–Crippen MR) is 51.9 cm³/mol. The first-order chi connectivity index (χ1) is 5.06. The summed E-state index contributed by atoms with van der Waals surface area (Å²) in [6.45, 7) is 8.99. The highest BCUT2D eigenvalue weighted by Gasteiger charge is 2.14. The van der Waals surface area contributed by atoms with Crippen LogP contribution in [0.15, 0.2) is 0 Å². The highest BCUT2D eigenvalue weighted by molar-refractivity contribution is 6.55. The summed E-state index contributed by atoms with van der Waals surface area (Å²) in [5, 5.41) is 0. The summed E-state index contributed by atoms with van der Waals surface area (Å²) in [7, 11) is 2.60. The summed E-state index contributed by atoms with van der Waals surface area (Å²) in [5.41, 5.74) is 0. The Balaban J connectivity index is 3.58. The first kappa shape index (κ1) is 11.4. The minimum Gasteiger partial charge on any atom is -0.457 e. The molecule has 11 heavy (non-hydrogen) atoms. The smallest absolute Gasteiger partial charge is 0.229 e. The van der Waals surface area contributed by atoms with Crippen molar-refractivity contribution in [3.8, 4) is 0 Å². The van der Waals surface area contributed by atoms with Crippen molar-refractivity contribution in [2.24, 2.45) is 11.8 Å². The number of rotatable bonds is 5. The van der Waals surface area contributed by atoms with Crippen LogP contribution in [0, 0.1) is 11.8 Å². The van der Waals surface area contributed by atoms with Gasteiger partial charge in [-0.05, 0) is 23.9 Å². The average molecular weight is 186 g/mol. The normalized spacial score (nSPS) is 12.0. The number of hydrogen-bond donors (Lipinski definition) is 0. The molecule has 0 aromatic carbocycles. The van der Waals surface area contributed by atoms with E-state index in [1.54, 1.807) is 0 Å². The van der Waals surface area contributed by atoms with Gasteiger partial charge in [-0.1, -0.05) is 27.7 Å².